The Kier molecular flexibility index (Phi) is 8.45. The predicted octanol–water partition coefficient (Wildman–Crippen LogP) is 3.54. The molecule has 1 aliphatic rings. The van der Waals surface area contributed by atoms with Gasteiger partial charge in [0, 0.05) is 35.5 Å². The maximum atomic E-state index is 12.5. The van der Waals surface area contributed by atoms with Gasteiger partial charge in [0.2, 0.25) is 5.91 Å². The molecule has 1 aliphatic heterocycles. The van der Waals surface area contributed by atoms with Crippen LogP contribution in [0, 0.1) is 5.92 Å². The molecule has 0 aromatic heterocycles. The van der Waals surface area contributed by atoms with Crippen LogP contribution in [0.4, 0.5) is 4.79 Å². The van der Waals surface area contributed by atoms with Crippen LogP contribution >= 0.6 is 25.3 Å². The van der Waals surface area contributed by atoms with Crippen LogP contribution in [0.3, 0.4) is 0 Å². The molecule has 5 nitrogen and oxygen atoms in total. The van der Waals surface area contributed by atoms with Gasteiger partial charge in [-0.15, -0.1) is 0 Å². The molecule has 2 atom stereocenters. The minimum atomic E-state index is -0.474. The van der Waals surface area contributed by atoms with Crippen LogP contribution in [0.2, 0.25) is 0 Å². The van der Waals surface area contributed by atoms with Gasteiger partial charge >= 0.3 is 6.09 Å². The molecule has 0 spiro atoms. The molecule has 1 rings (SSSR count). The average Bonchev–Trinajstić information content (AvgIpc) is 2.77. The smallest absolute Gasteiger partial charge is 0.407 e. The minimum Gasteiger partial charge on any atom is -0.444 e. The SMILES string of the molecule is CC(C)(C)OC(=O)NCCCCCN1C(=O)[C@H](CS)C[C@@H]1C(C)(C)S. The van der Waals surface area contributed by atoms with Crippen LogP contribution in [-0.2, 0) is 9.53 Å². The lowest BCUT2D eigenvalue weighted by Gasteiger charge is -2.34. The Morgan fingerprint density at radius 2 is 1.88 bits per heavy atom. The van der Waals surface area contributed by atoms with Gasteiger partial charge in [0.1, 0.15) is 5.60 Å². The molecule has 0 aromatic carbocycles. The first-order valence-corrected chi connectivity index (χ1v) is 10.1. The van der Waals surface area contributed by atoms with E-state index in [9.17, 15) is 9.59 Å². The van der Waals surface area contributed by atoms with Gasteiger partial charge in [0.05, 0.1) is 0 Å². The number of carbonyl (C=O) groups is 2. The maximum Gasteiger partial charge on any atom is 0.407 e. The van der Waals surface area contributed by atoms with E-state index < -0.39 is 5.60 Å². The van der Waals surface area contributed by atoms with E-state index in [0.29, 0.717) is 12.3 Å². The van der Waals surface area contributed by atoms with Gasteiger partial charge in [-0.05, 0) is 60.3 Å². The molecule has 0 bridgehead atoms. The molecule has 0 aliphatic carbocycles. The quantitative estimate of drug-likeness (QED) is 0.439. The molecule has 0 aromatic rings. The van der Waals surface area contributed by atoms with Crippen molar-refractivity contribution in [3.8, 4) is 0 Å². The van der Waals surface area contributed by atoms with Gasteiger partial charge < -0.3 is 15.0 Å². The van der Waals surface area contributed by atoms with E-state index in [0.717, 1.165) is 32.2 Å². The van der Waals surface area contributed by atoms with Gasteiger partial charge in [-0.3, -0.25) is 4.79 Å². The number of rotatable bonds is 8. The largest absolute Gasteiger partial charge is 0.444 e. The van der Waals surface area contributed by atoms with E-state index in [1.165, 1.54) is 0 Å². The van der Waals surface area contributed by atoms with Crippen molar-refractivity contribution in [2.24, 2.45) is 5.92 Å². The highest BCUT2D eigenvalue weighted by atomic mass is 32.1. The van der Waals surface area contributed by atoms with Gasteiger partial charge in [0.15, 0.2) is 0 Å². The van der Waals surface area contributed by atoms with Crippen molar-refractivity contribution in [1.82, 2.24) is 10.2 Å². The normalized spacial score (nSPS) is 21.6. The number of alkyl carbamates (subject to hydrolysis) is 1. The Balaban J connectivity index is 2.32. The second-order valence-electron chi connectivity index (χ2n) is 8.31. The van der Waals surface area contributed by atoms with Crippen molar-refractivity contribution in [2.75, 3.05) is 18.8 Å². The lowest BCUT2D eigenvalue weighted by Crippen LogP contribution is -2.44. The number of nitrogens with zero attached hydrogens (tertiary/aromatic N) is 1. The Morgan fingerprint density at radius 1 is 1.24 bits per heavy atom. The summed E-state index contributed by atoms with van der Waals surface area (Å²) >= 11 is 9.00. The summed E-state index contributed by atoms with van der Waals surface area (Å²) < 4.78 is 4.98. The maximum absolute atomic E-state index is 12.5. The average molecular weight is 391 g/mol. The zero-order chi connectivity index (χ0) is 19.3. The molecule has 1 heterocycles. The van der Waals surface area contributed by atoms with E-state index in [4.69, 9.17) is 4.74 Å². The Morgan fingerprint density at radius 3 is 2.40 bits per heavy atom. The molecule has 2 amide bonds. The van der Waals surface area contributed by atoms with E-state index in [1.807, 2.05) is 25.7 Å². The first-order chi connectivity index (χ1) is 11.5. The number of amides is 2. The molecular formula is C18H34N2O3S2. The summed E-state index contributed by atoms with van der Waals surface area (Å²) in [6, 6.07) is 0.153. The van der Waals surface area contributed by atoms with Gasteiger partial charge in [-0.2, -0.15) is 25.3 Å². The summed E-state index contributed by atoms with van der Waals surface area (Å²) in [7, 11) is 0. The number of unbranched alkanes of at least 4 members (excludes halogenated alkanes) is 2. The fourth-order valence-electron chi connectivity index (χ4n) is 3.06. The van der Waals surface area contributed by atoms with Crippen molar-refractivity contribution in [1.29, 1.82) is 0 Å². The van der Waals surface area contributed by atoms with Gasteiger partial charge in [-0.1, -0.05) is 0 Å². The third-order valence-corrected chi connectivity index (χ3v) is 5.04. The van der Waals surface area contributed by atoms with E-state index in [1.54, 1.807) is 0 Å². The highest BCUT2D eigenvalue weighted by Gasteiger charge is 2.44. The summed E-state index contributed by atoms with van der Waals surface area (Å²) in [4.78, 5) is 26.1. The molecule has 0 radical (unpaired) electrons. The minimum absolute atomic E-state index is 0.00796. The summed E-state index contributed by atoms with van der Waals surface area (Å²) in [6.07, 6.45) is 3.19. The summed E-state index contributed by atoms with van der Waals surface area (Å²) in [6.45, 7) is 11.0. The lowest BCUT2D eigenvalue weighted by molar-refractivity contribution is -0.131. The number of thiol groups is 2. The zero-order valence-corrected chi connectivity index (χ0v) is 18.0. The summed E-state index contributed by atoms with van der Waals surface area (Å²) in [5, 5.41) is 2.76. The highest BCUT2D eigenvalue weighted by molar-refractivity contribution is 7.81. The fourth-order valence-corrected chi connectivity index (χ4v) is 3.61. The highest BCUT2D eigenvalue weighted by Crippen LogP contribution is 2.35. The van der Waals surface area contributed by atoms with Crippen LogP contribution in [0.1, 0.15) is 60.3 Å². The van der Waals surface area contributed by atoms with Crippen molar-refractivity contribution < 1.29 is 14.3 Å². The van der Waals surface area contributed by atoms with E-state index >= 15 is 0 Å². The topological polar surface area (TPSA) is 58.6 Å². The predicted molar refractivity (Wildman–Crippen MR) is 109 cm³/mol. The monoisotopic (exact) mass is 390 g/mol. The third-order valence-electron chi connectivity index (χ3n) is 4.30. The second-order valence-corrected chi connectivity index (χ2v) is 9.82. The zero-order valence-electron chi connectivity index (χ0n) is 16.2. The molecule has 25 heavy (non-hydrogen) atoms. The van der Waals surface area contributed by atoms with Crippen LogP contribution in [-0.4, -0.2) is 52.1 Å². The van der Waals surface area contributed by atoms with E-state index in [-0.39, 0.29) is 28.7 Å². The standard InChI is InChI=1S/C18H34N2O3S2/c1-17(2,3)23-16(22)19-9-7-6-8-10-20-14(18(4,5)25)11-13(12-24)15(20)21/h13-14,24-25H,6-12H2,1-5H3,(H,19,22)/t13-,14+/m0/s1. The lowest BCUT2D eigenvalue weighted by atomic mass is 9.97. The Labute approximate surface area is 163 Å². The van der Waals surface area contributed by atoms with Crippen LogP contribution in [0.15, 0.2) is 0 Å². The van der Waals surface area contributed by atoms with Crippen LogP contribution in [0.5, 0.6) is 0 Å². The molecule has 0 unspecified atom stereocenters. The number of hydrogen-bond acceptors (Lipinski definition) is 5. The number of hydrogen-bond donors (Lipinski definition) is 3. The second kappa shape index (κ2) is 9.40. The summed E-state index contributed by atoms with van der Waals surface area (Å²) in [5.41, 5.74) is -0.474. The first-order valence-electron chi connectivity index (χ1n) is 9.06. The van der Waals surface area contributed by atoms with Crippen LogP contribution in [0.25, 0.3) is 0 Å². The van der Waals surface area contributed by atoms with Crippen molar-refractivity contribution in [2.45, 2.75) is 76.7 Å². The van der Waals surface area contributed by atoms with Gasteiger partial charge in [0.25, 0.3) is 0 Å². The molecular weight excluding hydrogens is 356 g/mol. The Bertz CT molecular complexity index is 458. The molecule has 1 saturated heterocycles. The molecule has 1 fully saturated rings. The third kappa shape index (κ3) is 7.69. The summed E-state index contributed by atoms with van der Waals surface area (Å²) in [5.74, 6) is 0.803. The molecule has 0 saturated carbocycles. The Hall–Kier alpha value is -0.560. The van der Waals surface area contributed by atoms with Crippen molar-refractivity contribution in [3.05, 3.63) is 0 Å². The van der Waals surface area contributed by atoms with E-state index in [2.05, 4.69) is 44.4 Å². The molecule has 146 valence electrons. The van der Waals surface area contributed by atoms with Crippen LogP contribution < -0.4 is 5.32 Å². The number of likely N-dealkylation sites (tertiary alicyclic amines) is 1. The number of carbonyl (C=O) groups excluding carboxylic acids is 2. The molecule has 1 N–H and O–H groups in total. The molecule has 7 heteroatoms. The number of ether oxygens (including phenoxy) is 1. The first kappa shape index (κ1) is 22.5. The fraction of sp³-hybridized carbons (Fsp3) is 0.889. The van der Waals surface area contributed by atoms with Crippen molar-refractivity contribution >= 4 is 37.3 Å². The van der Waals surface area contributed by atoms with Crippen molar-refractivity contribution in [3.63, 3.8) is 0 Å². The number of nitrogens with one attached hydrogen (secondary N) is 1. The van der Waals surface area contributed by atoms with Gasteiger partial charge in [-0.25, -0.2) is 4.79 Å².